The summed E-state index contributed by atoms with van der Waals surface area (Å²) in [6.45, 7) is 4.35. The fourth-order valence-corrected chi connectivity index (χ4v) is 2.22. The van der Waals surface area contributed by atoms with Gasteiger partial charge in [0.1, 0.15) is 5.03 Å². The lowest BCUT2D eigenvalue weighted by molar-refractivity contribution is 0.660. The highest BCUT2D eigenvalue weighted by molar-refractivity contribution is 7.99. The average molecular weight is 251 g/mol. The van der Waals surface area contributed by atoms with E-state index in [0.29, 0.717) is 17.4 Å². The van der Waals surface area contributed by atoms with Crippen LogP contribution in [0.25, 0.3) is 0 Å². The SMILES string of the molecule is CCn1c(Sc2cc(N)c(C)cn2)n[nH]c1=O. The van der Waals surface area contributed by atoms with Gasteiger partial charge in [-0.3, -0.25) is 4.57 Å². The molecule has 2 aromatic rings. The van der Waals surface area contributed by atoms with E-state index in [0.717, 1.165) is 10.6 Å². The van der Waals surface area contributed by atoms with Gasteiger partial charge in [-0.25, -0.2) is 14.9 Å². The Morgan fingerprint density at radius 2 is 2.35 bits per heavy atom. The molecular weight excluding hydrogens is 238 g/mol. The Morgan fingerprint density at radius 1 is 1.59 bits per heavy atom. The van der Waals surface area contributed by atoms with E-state index in [1.807, 2.05) is 13.8 Å². The fraction of sp³-hybridized carbons (Fsp3) is 0.300. The molecule has 7 heteroatoms. The number of H-pyrrole nitrogens is 1. The first-order chi connectivity index (χ1) is 8.11. The normalized spacial score (nSPS) is 10.7. The monoisotopic (exact) mass is 251 g/mol. The topological polar surface area (TPSA) is 89.6 Å². The Kier molecular flexibility index (Phi) is 3.19. The second kappa shape index (κ2) is 4.62. The van der Waals surface area contributed by atoms with E-state index < -0.39 is 0 Å². The van der Waals surface area contributed by atoms with Crippen LogP contribution in [0.15, 0.2) is 27.2 Å². The molecule has 17 heavy (non-hydrogen) atoms. The molecule has 0 aromatic carbocycles. The van der Waals surface area contributed by atoms with E-state index in [1.54, 1.807) is 16.8 Å². The zero-order valence-electron chi connectivity index (χ0n) is 9.60. The minimum absolute atomic E-state index is 0.213. The molecule has 0 saturated heterocycles. The minimum atomic E-state index is -0.213. The number of nitrogens with two attached hydrogens (primary N) is 1. The van der Waals surface area contributed by atoms with Crippen molar-refractivity contribution in [3.63, 3.8) is 0 Å². The number of nitrogens with zero attached hydrogens (tertiary/aromatic N) is 3. The number of rotatable bonds is 3. The van der Waals surface area contributed by atoms with Gasteiger partial charge in [0, 0.05) is 18.4 Å². The summed E-state index contributed by atoms with van der Waals surface area (Å²) in [6, 6.07) is 1.78. The van der Waals surface area contributed by atoms with E-state index in [-0.39, 0.29) is 5.69 Å². The number of aryl methyl sites for hydroxylation is 1. The molecule has 0 aliphatic heterocycles. The number of hydrogen-bond acceptors (Lipinski definition) is 5. The molecule has 0 bridgehead atoms. The molecule has 3 N–H and O–H groups in total. The molecule has 0 saturated carbocycles. The predicted molar refractivity (Wildman–Crippen MR) is 66.0 cm³/mol. The van der Waals surface area contributed by atoms with Gasteiger partial charge in [-0.2, -0.15) is 0 Å². The van der Waals surface area contributed by atoms with Crippen LogP contribution in [-0.2, 0) is 6.54 Å². The zero-order valence-corrected chi connectivity index (χ0v) is 10.4. The van der Waals surface area contributed by atoms with Gasteiger partial charge in [0.15, 0.2) is 5.16 Å². The van der Waals surface area contributed by atoms with Crippen molar-refractivity contribution < 1.29 is 0 Å². The maximum absolute atomic E-state index is 11.4. The largest absolute Gasteiger partial charge is 0.398 e. The van der Waals surface area contributed by atoms with Crippen LogP contribution < -0.4 is 11.4 Å². The molecule has 0 aliphatic rings. The van der Waals surface area contributed by atoms with Crippen molar-refractivity contribution in [3.05, 3.63) is 28.3 Å². The highest BCUT2D eigenvalue weighted by atomic mass is 32.2. The highest BCUT2D eigenvalue weighted by Gasteiger charge is 2.09. The molecule has 0 atom stereocenters. The second-order valence-corrected chi connectivity index (χ2v) is 4.52. The van der Waals surface area contributed by atoms with Crippen LogP contribution in [0.1, 0.15) is 12.5 Å². The van der Waals surface area contributed by atoms with Crippen LogP contribution in [-0.4, -0.2) is 19.7 Å². The maximum Gasteiger partial charge on any atom is 0.343 e. The highest BCUT2D eigenvalue weighted by Crippen LogP contribution is 2.25. The third-order valence-corrected chi connectivity index (χ3v) is 3.28. The number of anilines is 1. The summed E-state index contributed by atoms with van der Waals surface area (Å²) in [6.07, 6.45) is 1.71. The number of nitrogens with one attached hydrogen (secondary N) is 1. The lowest BCUT2D eigenvalue weighted by Crippen LogP contribution is -2.16. The molecule has 0 spiro atoms. The number of aromatic amines is 1. The Hall–Kier alpha value is -1.76. The molecule has 2 rings (SSSR count). The summed E-state index contributed by atoms with van der Waals surface area (Å²) >= 11 is 1.31. The summed E-state index contributed by atoms with van der Waals surface area (Å²) < 4.78 is 1.54. The van der Waals surface area contributed by atoms with Crippen molar-refractivity contribution in [3.8, 4) is 0 Å². The molecule has 2 aromatic heterocycles. The van der Waals surface area contributed by atoms with Crippen LogP contribution in [0.3, 0.4) is 0 Å². The first kappa shape index (κ1) is 11.7. The standard InChI is InChI=1S/C10H13N5OS/c1-3-15-9(16)13-14-10(15)17-8-4-7(11)6(2)5-12-8/h4-5H,3H2,1-2H3,(H2,11,12)(H,13,16). The number of pyridine rings is 1. The first-order valence-corrected chi connectivity index (χ1v) is 5.98. The Labute approximate surface area is 102 Å². The molecule has 2 heterocycles. The van der Waals surface area contributed by atoms with Crippen LogP contribution >= 0.6 is 11.8 Å². The molecule has 90 valence electrons. The molecule has 0 fully saturated rings. The molecular formula is C10H13N5OS. The first-order valence-electron chi connectivity index (χ1n) is 5.17. The Morgan fingerprint density at radius 3 is 3.00 bits per heavy atom. The summed E-state index contributed by atoms with van der Waals surface area (Å²) in [5, 5.41) is 7.67. The summed E-state index contributed by atoms with van der Waals surface area (Å²) in [5.74, 6) is 0. The third-order valence-electron chi connectivity index (χ3n) is 2.36. The van der Waals surface area contributed by atoms with E-state index in [2.05, 4.69) is 15.2 Å². The van der Waals surface area contributed by atoms with Gasteiger partial charge in [0.2, 0.25) is 0 Å². The van der Waals surface area contributed by atoms with Crippen molar-refractivity contribution in [2.24, 2.45) is 0 Å². The van der Waals surface area contributed by atoms with E-state index >= 15 is 0 Å². The van der Waals surface area contributed by atoms with Crippen LogP contribution in [0, 0.1) is 6.92 Å². The molecule has 0 unspecified atom stereocenters. The van der Waals surface area contributed by atoms with E-state index in [4.69, 9.17) is 5.73 Å². The number of nitrogen functional groups attached to an aromatic ring is 1. The molecule has 0 aliphatic carbocycles. The lowest BCUT2D eigenvalue weighted by atomic mass is 10.3. The Balaban J connectivity index is 2.31. The molecule has 6 nitrogen and oxygen atoms in total. The van der Waals surface area contributed by atoms with Gasteiger partial charge < -0.3 is 5.73 Å². The lowest BCUT2D eigenvalue weighted by Gasteiger charge is -2.03. The van der Waals surface area contributed by atoms with Gasteiger partial charge in [-0.15, -0.1) is 5.10 Å². The zero-order chi connectivity index (χ0) is 12.4. The van der Waals surface area contributed by atoms with E-state index in [9.17, 15) is 4.79 Å². The van der Waals surface area contributed by atoms with Crippen LogP contribution in [0.5, 0.6) is 0 Å². The maximum atomic E-state index is 11.4. The summed E-state index contributed by atoms with van der Waals surface area (Å²) in [4.78, 5) is 15.6. The third kappa shape index (κ3) is 2.33. The van der Waals surface area contributed by atoms with Gasteiger partial charge >= 0.3 is 5.69 Å². The number of hydrogen-bond donors (Lipinski definition) is 2. The Bertz CT molecular complexity index is 589. The van der Waals surface area contributed by atoms with Crippen molar-refractivity contribution in [2.45, 2.75) is 30.6 Å². The van der Waals surface area contributed by atoms with Crippen molar-refractivity contribution in [2.75, 3.05) is 5.73 Å². The van der Waals surface area contributed by atoms with Gasteiger partial charge in [0.05, 0.1) is 0 Å². The van der Waals surface area contributed by atoms with Gasteiger partial charge in [-0.05, 0) is 37.2 Å². The van der Waals surface area contributed by atoms with E-state index in [1.165, 1.54) is 11.8 Å². The summed E-state index contributed by atoms with van der Waals surface area (Å²) in [7, 11) is 0. The average Bonchev–Trinajstić information content (AvgIpc) is 2.64. The smallest absolute Gasteiger partial charge is 0.343 e. The van der Waals surface area contributed by atoms with Crippen LogP contribution in [0.2, 0.25) is 0 Å². The van der Waals surface area contributed by atoms with Gasteiger partial charge in [0.25, 0.3) is 0 Å². The summed E-state index contributed by atoms with van der Waals surface area (Å²) in [5.41, 5.74) is 7.21. The predicted octanol–water partition coefficient (Wildman–Crippen LogP) is 1.03. The van der Waals surface area contributed by atoms with Crippen molar-refractivity contribution in [1.82, 2.24) is 19.7 Å². The van der Waals surface area contributed by atoms with Crippen LogP contribution in [0.4, 0.5) is 5.69 Å². The molecule has 0 amide bonds. The fourth-order valence-electron chi connectivity index (χ4n) is 1.33. The van der Waals surface area contributed by atoms with Gasteiger partial charge in [-0.1, -0.05) is 0 Å². The molecule has 0 radical (unpaired) electrons. The van der Waals surface area contributed by atoms with Crippen molar-refractivity contribution >= 4 is 17.4 Å². The van der Waals surface area contributed by atoms with Crippen molar-refractivity contribution in [1.29, 1.82) is 0 Å². The quantitative estimate of drug-likeness (QED) is 0.850. The second-order valence-electron chi connectivity index (χ2n) is 3.54. The minimum Gasteiger partial charge on any atom is -0.398 e. The number of aromatic nitrogens is 4.